The fraction of sp³-hybridized carbons (Fsp3) is 0.308. The molecule has 0 saturated heterocycles. The average molecular weight is 322 g/mol. The Morgan fingerprint density at radius 3 is 2.70 bits per heavy atom. The van der Waals surface area contributed by atoms with Crippen LogP contribution in [0.15, 0.2) is 22.7 Å². The minimum atomic E-state index is -0.734. The molecule has 1 amide bonds. The van der Waals surface area contributed by atoms with E-state index in [1.54, 1.807) is 13.8 Å². The van der Waals surface area contributed by atoms with Crippen LogP contribution < -0.4 is 14.8 Å². The van der Waals surface area contributed by atoms with Crippen molar-refractivity contribution in [2.45, 2.75) is 13.8 Å². The number of furan rings is 1. The van der Waals surface area contributed by atoms with E-state index in [1.807, 2.05) is 0 Å². The van der Waals surface area contributed by atoms with Gasteiger partial charge in [-0.2, -0.15) is 4.98 Å². The number of hydrogen-bond acceptors (Lipinski definition) is 8. The van der Waals surface area contributed by atoms with Gasteiger partial charge in [-0.1, -0.05) is 0 Å². The summed E-state index contributed by atoms with van der Waals surface area (Å²) in [5.74, 6) is -1.30. The van der Waals surface area contributed by atoms with Crippen LogP contribution in [0.25, 0.3) is 0 Å². The number of carbonyl (C=O) groups is 1. The number of nitrogens with one attached hydrogen (secondary N) is 1. The van der Waals surface area contributed by atoms with E-state index in [0.29, 0.717) is 13.2 Å². The van der Waals surface area contributed by atoms with Gasteiger partial charge in [0.2, 0.25) is 5.88 Å². The van der Waals surface area contributed by atoms with Crippen molar-refractivity contribution in [2.75, 3.05) is 18.5 Å². The van der Waals surface area contributed by atoms with Gasteiger partial charge in [-0.25, -0.2) is 4.98 Å². The molecule has 122 valence electrons. The molecule has 0 spiro atoms. The zero-order valence-corrected chi connectivity index (χ0v) is 12.4. The molecule has 0 bridgehead atoms. The largest absolute Gasteiger partial charge is 0.476 e. The molecule has 0 radical (unpaired) electrons. The number of carbonyl (C=O) groups excluding carboxylic acids is 1. The molecule has 10 heteroatoms. The first-order valence-electron chi connectivity index (χ1n) is 6.73. The van der Waals surface area contributed by atoms with Crippen LogP contribution in [0.5, 0.6) is 11.9 Å². The molecule has 2 rings (SSSR count). The van der Waals surface area contributed by atoms with E-state index in [1.165, 1.54) is 12.3 Å². The third-order valence-electron chi connectivity index (χ3n) is 2.53. The molecule has 0 aliphatic heterocycles. The second kappa shape index (κ2) is 7.20. The van der Waals surface area contributed by atoms with Gasteiger partial charge < -0.3 is 19.2 Å². The zero-order valence-electron chi connectivity index (χ0n) is 12.4. The number of rotatable bonds is 7. The molecule has 0 aliphatic rings. The lowest BCUT2D eigenvalue weighted by molar-refractivity contribution is -0.402. The molecular formula is C13H14N4O6. The molecule has 0 saturated carbocycles. The Balaban J connectivity index is 2.20. The van der Waals surface area contributed by atoms with Crippen molar-refractivity contribution in [3.63, 3.8) is 0 Å². The normalized spacial score (nSPS) is 10.2. The number of nitrogens with zero attached hydrogens (tertiary/aromatic N) is 3. The lowest BCUT2D eigenvalue weighted by Gasteiger charge is -2.10. The van der Waals surface area contributed by atoms with Crippen LogP contribution in [0.2, 0.25) is 0 Å². The van der Waals surface area contributed by atoms with Crippen molar-refractivity contribution < 1.29 is 23.6 Å². The van der Waals surface area contributed by atoms with Gasteiger partial charge in [0.05, 0.1) is 25.5 Å². The SMILES string of the molecule is CCOc1ncc(NC(=O)c2ccc([N+](=O)[O-])o2)c(OCC)n1. The predicted molar refractivity (Wildman–Crippen MR) is 77.7 cm³/mol. The van der Waals surface area contributed by atoms with Gasteiger partial charge in [-0.15, -0.1) is 0 Å². The lowest BCUT2D eigenvalue weighted by Crippen LogP contribution is -2.13. The van der Waals surface area contributed by atoms with Crippen molar-refractivity contribution >= 4 is 17.5 Å². The molecule has 10 nitrogen and oxygen atoms in total. The predicted octanol–water partition coefficient (Wildman–Crippen LogP) is 2.03. The fourth-order valence-corrected chi connectivity index (χ4v) is 1.61. The van der Waals surface area contributed by atoms with E-state index < -0.39 is 16.7 Å². The first kappa shape index (κ1) is 16.2. The number of aromatic nitrogens is 2. The summed E-state index contributed by atoms with van der Waals surface area (Å²) in [7, 11) is 0. The second-order valence-electron chi connectivity index (χ2n) is 4.09. The van der Waals surface area contributed by atoms with Crippen LogP contribution in [0.4, 0.5) is 11.6 Å². The van der Waals surface area contributed by atoms with Crippen LogP contribution in [0.3, 0.4) is 0 Å². The van der Waals surface area contributed by atoms with Gasteiger partial charge in [0.15, 0.2) is 5.76 Å². The van der Waals surface area contributed by atoms with Gasteiger partial charge in [0.1, 0.15) is 10.6 Å². The number of ether oxygens (including phenoxy) is 2. The van der Waals surface area contributed by atoms with Gasteiger partial charge in [0.25, 0.3) is 5.91 Å². The Morgan fingerprint density at radius 2 is 2.09 bits per heavy atom. The van der Waals surface area contributed by atoms with Gasteiger partial charge in [0, 0.05) is 0 Å². The van der Waals surface area contributed by atoms with Crippen molar-refractivity contribution in [2.24, 2.45) is 0 Å². The van der Waals surface area contributed by atoms with E-state index in [2.05, 4.69) is 15.3 Å². The maximum Gasteiger partial charge on any atom is 0.433 e. The van der Waals surface area contributed by atoms with Gasteiger partial charge in [-0.05, 0) is 19.9 Å². The molecule has 1 N–H and O–H groups in total. The summed E-state index contributed by atoms with van der Waals surface area (Å²) in [4.78, 5) is 29.8. The van der Waals surface area contributed by atoms with E-state index in [9.17, 15) is 14.9 Å². The van der Waals surface area contributed by atoms with Crippen LogP contribution in [0.1, 0.15) is 24.4 Å². The Morgan fingerprint density at radius 1 is 1.35 bits per heavy atom. The molecule has 23 heavy (non-hydrogen) atoms. The maximum atomic E-state index is 12.0. The number of hydrogen-bond donors (Lipinski definition) is 1. The lowest BCUT2D eigenvalue weighted by atomic mass is 10.4. The third-order valence-corrected chi connectivity index (χ3v) is 2.53. The van der Waals surface area contributed by atoms with Crippen molar-refractivity contribution in [3.05, 3.63) is 34.2 Å². The highest BCUT2D eigenvalue weighted by Crippen LogP contribution is 2.24. The first-order chi connectivity index (χ1) is 11.0. The summed E-state index contributed by atoms with van der Waals surface area (Å²) >= 11 is 0. The summed E-state index contributed by atoms with van der Waals surface area (Å²) < 4.78 is 15.3. The molecule has 0 fully saturated rings. The molecule has 0 aromatic carbocycles. The Labute approximate surface area is 130 Å². The van der Waals surface area contributed by atoms with E-state index in [4.69, 9.17) is 13.9 Å². The molecule has 2 heterocycles. The smallest absolute Gasteiger partial charge is 0.433 e. The van der Waals surface area contributed by atoms with E-state index >= 15 is 0 Å². The average Bonchev–Trinajstić information content (AvgIpc) is 3.00. The topological polar surface area (TPSA) is 130 Å². The maximum absolute atomic E-state index is 12.0. The number of anilines is 1. The van der Waals surface area contributed by atoms with Crippen LogP contribution in [0, 0.1) is 10.1 Å². The number of nitro groups is 1. The summed E-state index contributed by atoms with van der Waals surface area (Å²) in [6.07, 6.45) is 1.32. The quantitative estimate of drug-likeness (QED) is 0.605. The highest BCUT2D eigenvalue weighted by atomic mass is 16.6. The number of amides is 1. The summed E-state index contributed by atoms with van der Waals surface area (Å²) in [6.45, 7) is 4.23. The van der Waals surface area contributed by atoms with Gasteiger partial charge >= 0.3 is 11.9 Å². The van der Waals surface area contributed by atoms with Crippen molar-refractivity contribution in [1.29, 1.82) is 0 Å². The molecule has 2 aromatic heterocycles. The third kappa shape index (κ3) is 3.93. The summed E-state index contributed by atoms with van der Waals surface area (Å²) in [6, 6.07) is 2.40. The standard InChI is InChI=1S/C13H14N4O6/c1-3-21-12-8(7-14-13(16-12)22-4-2)15-11(18)9-5-6-10(23-9)17(19)20/h5-7H,3-4H2,1-2H3,(H,15,18). The zero-order chi connectivity index (χ0) is 16.8. The molecule has 2 aromatic rings. The van der Waals surface area contributed by atoms with Crippen molar-refractivity contribution in [1.82, 2.24) is 9.97 Å². The summed E-state index contributed by atoms with van der Waals surface area (Å²) in [5, 5.41) is 13.0. The highest BCUT2D eigenvalue weighted by molar-refractivity contribution is 6.03. The fourth-order valence-electron chi connectivity index (χ4n) is 1.61. The first-order valence-corrected chi connectivity index (χ1v) is 6.73. The second-order valence-corrected chi connectivity index (χ2v) is 4.09. The molecular weight excluding hydrogens is 308 g/mol. The van der Waals surface area contributed by atoms with E-state index in [0.717, 1.165) is 6.07 Å². The van der Waals surface area contributed by atoms with E-state index in [-0.39, 0.29) is 23.3 Å². The Bertz CT molecular complexity index is 714. The van der Waals surface area contributed by atoms with Crippen LogP contribution in [-0.4, -0.2) is 34.0 Å². The molecule has 0 atom stereocenters. The Kier molecular flexibility index (Phi) is 5.07. The highest BCUT2D eigenvalue weighted by Gasteiger charge is 2.19. The minimum absolute atomic E-state index is 0.114. The monoisotopic (exact) mass is 322 g/mol. The Hall–Kier alpha value is -3.17. The molecule has 0 aliphatic carbocycles. The van der Waals surface area contributed by atoms with Gasteiger partial charge in [-0.3, -0.25) is 14.9 Å². The van der Waals surface area contributed by atoms with Crippen molar-refractivity contribution in [3.8, 4) is 11.9 Å². The van der Waals surface area contributed by atoms with Crippen LogP contribution in [-0.2, 0) is 0 Å². The minimum Gasteiger partial charge on any atom is -0.476 e. The van der Waals surface area contributed by atoms with Crippen LogP contribution >= 0.6 is 0 Å². The molecule has 0 unspecified atom stereocenters. The summed E-state index contributed by atoms with van der Waals surface area (Å²) in [5.41, 5.74) is 0.194.